The SMILES string of the molecule is O=S(=O)(O)O.O=S(=O)(O)O.O=S(=O)(O)O.O=S(=O)(O)O.O=S(=O)(O)O.O=S(=O)(O)O.O=S(=O)(O)O.O=S(=O)(O)O.O=S(=O)(O)O.O=S(=O)(O)O.O=S(=O)(O)O.O=S(=O)(O)O.O=S(=O)(O)O.O=S(=O)(O)O.O=S(=O)(O)O.O=S(=O)(O)O.O=S(=O)(O)O.O=S(=O)(O)O.O=S(=O)(O)O.O=S(=O)(O)O.O=S(=O)(O)O.O=S(=O)(O)O.O=S(=O)(O)O.O=S(=O)(O)O.O=S(=O)([O-])O.[K+]. The van der Waals surface area contributed by atoms with E-state index in [1.165, 1.54) is 0 Å². The van der Waals surface area contributed by atoms with Crippen molar-refractivity contribution in [1.82, 2.24) is 0 Å². The van der Waals surface area contributed by atoms with Crippen LogP contribution in [0.15, 0.2) is 0 Å². The first-order valence-electron chi connectivity index (χ1n) is 17.4. The first-order chi connectivity index (χ1) is 50.0. The zero-order valence-electron chi connectivity index (χ0n) is 53.9. The van der Waals surface area contributed by atoms with Crippen LogP contribution in [0.2, 0.25) is 0 Å². The minimum atomic E-state index is -4.92. The third-order valence-electron chi connectivity index (χ3n) is 0. The molecule has 0 bridgehead atoms. The summed E-state index contributed by atoms with van der Waals surface area (Å²) in [5.74, 6) is 0. The van der Waals surface area contributed by atoms with Crippen LogP contribution in [0.3, 0.4) is 0 Å². The molecular formula is H49KO100S25. The van der Waals surface area contributed by atoms with Gasteiger partial charge in [0.15, 0.2) is 0 Å². The second-order valence-corrected chi connectivity index (χ2v) is 33.5. The number of hydrogen-bond acceptors (Lipinski definition) is 51. The summed E-state index contributed by atoms with van der Waals surface area (Å²) in [6.45, 7) is 0. The van der Waals surface area contributed by atoms with Gasteiger partial charge in [-0.25, -0.2) is 8.42 Å². The minimum Gasteiger partial charge on any atom is -0.726 e. The molecule has 0 unspecified atom stereocenters. The molecule has 800 valence electrons. The summed E-state index contributed by atoms with van der Waals surface area (Å²) in [4.78, 5) is 0. The standard InChI is InChI=1S/K.25H2O4S/c;25*1-5(2,3)4/h;25*(H2,1,2,3,4)/q+1;;;;;;;;;;;;;;;;;;;;;;;;;/p-1. The van der Waals surface area contributed by atoms with E-state index in [1.807, 2.05) is 0 Å². The predicted octanol–water partition coefficient (Wildman–Crippen LogP) is -19.7. The summed E-state index contributed by atoms with van der Waals surface area (Å²) in [5.41, 5.74) is 0. The van der Waals surface area contributed by atoms with Gasteiger partial charge in [-0.2, -0.15) is 202 Å². The van der Waals surface area contributed by atoms with Gasteiger partial charge in [0.2, 0.25) is 10.4 Å². The Morgan fingerprint density at radius 2 is 0.0794 bits per heavy atom. The van der Waals surface area contributed by atoms with Crippen molar-refractivity contribution in [3.8, 4) is 0 Å². The second-order valence-electron chi connectivity index (χ2n) is 11.2. The molecule has 0 aromatic carbocycles. The zero-order valence-corrected chi connectivity index (χ0v) is 77.5. The predicted molar refractivity (Wildman–Crippen MR) is 353 cm³/mol. The molecule has 0 aliphatic heterocycles. The molecule has 49 N–H and O–H groups in total. The third kappa shape index (κ3) is 693000. The molecule has 0 spiro atoms. The molecule has 126 heteroatoms. The molecule has 0 amide bonds. The monoisotopic (exact) mass is 2490 g/mol. The Labute approximate surface area is 741 Å². The van der Waals surface area contributed by atoms with Gasteiger partial charge < -0.3 is 4.55 Å². The maximum atomic E-state index is 8.74. The quantitative estimate of drug-likeness (QED) is 0.0608. The first-order valence-corrected chi connectivity index (χ1v) is 52.3. The van der Waals surface area contributed by atoms with Crippen LogP contribution in [-0.2, 0) is 260 Å². The first kappa shape index (κ1) is 196. The van der Waals surface area contributed by atoms with E-state index in [0.717, 1.165) is 0 Å². The van der Waals surface area contributed by atoms with Gasteiger partial charge in [0.05, 0.1) is 0 Å². The van der Waals surface area contributed by atoms with Crippen molar-refractivity contribution in [2.24, 2.45) is 0 Å². The molecule has 100 nitrogen and oxygen atoms in total. The molecule has 126 heavy (non-hydrogen) atoms. The van der Waals surface area contributed by atoms with Crippen molar-refractivity contribution in [1.29, 1.82) is 0 Å². The Bertz CT molecular complexity index is 3920. The molecule has 0 aromatic rings. The van der Waals surface area contributed by atoms with E-state index >= 15 is 0 Å². The van der Waals surface area contributed by atoms with Crippen LogP contribution in [0.1, 0.15) is 0 Å². The van der Waals surface area contributed by atoms with E-state index < -0.39 is 260 Å². The van der Waals surface area contributed by atoms with Crippen molar-refractivity contribution < 1.29 is 489 Å². The van der Waals surface area contributed by atoms with Crippen molar-refractivity contribution in [2.75, 3.05) is 0 Å². The average molecular weight is 2490 g/mol. The Balaban J connectivity index is -0.0000000344. The zero-order chi connectivity index (χ0) is 112. The van der Waals surface area contributed by atoms with Gasteiger partial charge in [0.25, 0.3) is 0 Å². The van der Waals surface area contributed by atoms with E-state index in [4.69, 9.17) is 438 Å². The van der Waals surface area contributed by atoms with Crippen molar-refractivity contribution >= 4 is 260 Å². The largest absolute Gasteiger partial charge is 1.00 e. The van der Waals surface area contributed by atoms with Gasteiger partial charge in [-0.3, -0.25) is 223 Å². The van der Waals surface area contributed by atoms with Crippen LogP contribution in [0.5, 0.6) is 0 Å². The second kappa shape index (κ2) is 83.9. The van der Waals surface area contributed by atoms with Crippen molar-refractivity contribution in [3.63, 3.8) is 0 Å². The van der Waals surface area contributed by atoms with Gasteiger partial charge >= 0.3 is 301 Å². The fourth-order valence-electron chi connectivity index (χ4n) is 0. The molecule has 0 aliphatic rings. The minimum absolute atomic E-state index is 0. The fraction of sp³-hybridized carbons (Fsp3) is 0. The van der Waals surface area contributed by atoms with Crippen LogP contribution < -0.4 is 51.4 Å². The third-order valence-corrected chi connectivity index (χ3v) is 0. The summed E-state index contributed by atoms with van der Waals surface area (Å²) in [6, 6.07) is 0. The summed E-state index contributed by atoms with van der Waals surface area (Å²) in [5, 5.41) is 0. The van der Waals surface area contributed by atoms with E-state index in [2.05, 4.69) is 0 Å². The van der Waals surface area contributed by atoms with Gasteiger partial charge in [-0.15, -0.1) is 0 Å². The van der Waals surface area contributed by atoms with Gasteiger partial charge in [-0.05, 0) is 0 Å². The van der Waals surface area contributed by atoms with Crippen LogP contribution >= 0.6 is 0 Å². The summed E-state index contributed by atoms with van der Waals surface area (Å²) < 4.78 is 791. The molecule has 0 atom stereocenters. The molecule has 0 fully saturated rings. The maximum Gasteiger partial charge on any atom is 1.00 e. The van der Waals surface area contributed by atoms with Gasteiger partial charge in [-0.1, -0.05) is 0 Å². The summed E-state index contributed by atoms with van der Waals surface area (Å²) >= 11 is 0. The molecular weight excluding hydrogens is 2440 g/mol. The number of hydrogen-bond donors (Lipinski definition) is 49. The fourth-order valence-corrected chi connectivity index (χ4v) is 0. The molecule has 0 saturated heterocycles. The molecule has 0 rings (SSSR count). The van der Waals surface area contributed by atoms with Crippen molar-refractivity contribution in [2.45, 2.75) is 0 Å². The van der Waals surface area contributed by atoms with Crippen LogP contribution in [-0.4, -0.2) is 438 Å². The van der Waals surface area contributed by atoms with Gasteiger partial charge in [0.1, 0.15) is 0 Å². The van der Waals surface area contributed by atoms with Gasteiger partial charge in [0, 0.05) is 0 Å². The Hall–Kier alpha value is -1.61. The van der Waals surface area contributed by atoms with E-state index in [1.54, 1.807) is 0 Å². The van der Waals surface area contributed by atoms with E-state index in [0.29, 0.717) is 0 Å². The summed E-state index contributed by atoms with van der Waals surface area (Å²) in [6.07, 6.45) is 0. The topological polar surface area (TPSA) is 1870 Å². The van der Waals surface area contributed by atoms with Crippen LogP contribution in [0, 0.1) is 0 Å². The van der Waals surface area contributed by atoms with Crippen LogP contribution in [0.4, 0.5) is 0 Å². The Morgan fingerprint density at radius 3 is 0.0794 bits per heavy atom. The Kier molecular flexibility index (Phi) is 130. The van der Waals surface area contributed by atoms with Crippen LogP contribution in [0.25, 0.3) is 0 Å². The Morgan fingerprint density at radius 1 is 0.0794 bits per heavy atom. The molecule has 0 heterocycles. The normalized spacial score (nSPS) is 11.5. The number of rotatable bonds is 0. The molecule has 0 aromatic heterocycles. The molecule has 0 radical (unpaired) electrons. The maximum absolute atomic E-state index is 8.74. The van der Waals surface area contributed by atoms with E-state index in [9.17, 15) is 0 Å². The smallest absolute Gasteiger partial charge is 0.726 e. The average Bonchev–Trinajstić information content (AvgIpc) is 3.03. The summed E-state index contributed by atoms with van der Waals surface area (Å²) in [7, 11) is -117. The van der Waals surface area contributed by atoms with Crippen molar-refractivity contribution in [3.05, 3.63) is 0 Å². The molecule has 0 aliphatic carbocycles. The molecule has 0 saturated carbocycles. The van der Waals surface area contributed by atoms with E-state index in [-0.39, 0.29) is 51.4 Å².